The van der Waals surface area contributed by atoms with E-state index >= 15 is 0 Å². The SMILES string of the molecule is Cc1c(C(=O)Nc2ccccc2NC(=O)NC(C)C)sc2ccccc12. The average Bonchev–Trinajstić information content (AvgIpc) is 2.93. The highest BCUT2D eigenvalue weighted by molar-refractivity contribution is 7.21. The van der Waals surface area contributed by atoms with E-state index in [4.69, 9.17) is 0 Å². The molecule has 26 heavy (non-hydrogen) atoms. The molecular weight excluding hydrogens is 346 g/mol. The van der Waals surface area contributed by atoms with E-state index in [1.54, 1.807) is 12.1 Å². The normalized spacial score (nSPS) is 10.8. The summed E-state index contributed by atoms with van der Waals surface area (Å²) in [5.41, 5.74) is 2.08. The van der Waals surface area contributed by atoms with Crippen LogP contribution in [0.5, 0.6) is 0 Å². The Hall–Kier alpha value is -2.86. The molecule has 0 unspecified atom stereocenters. The van der Waals surface area contributed by atoms with Gasteiger partial charge in [-0.1, -0.05) is 30.3 Å². The van der Waals surface area contributed by atoms with Crippen LogP contribution in [0.4, 0.5) is 16.2 Å². The summed E-state index contributed by atoms with van der Waals surface area (Å²) in [6.07, 6.45) is 0. The van der Waals surface area contributed by atoms with Gasteiger partial charge in [0.15, 0.2) is 0 Å². The third-order valence-corrected chi connectivity index (χ3v) is 5.16. The van der Waals surface area contributed by atoms with Crippen molar-refractivity contribution in [2.75, 3.05) is 10.6 Å². The van der Waals surface area contributed by atoms with Gasteiger partial charge in [0.05, 0.1) is 16.3 Å². The predicted octanol–water partition coefficient (Wildman–Crippen LogP) is 4.99. The molecule has 1 heterocycles. The maximum atomic E-state index is 12.8. The third kappa shape index (κ3) is 3.86. The van der Waals surface area contributed by atoms with Gasteiger partial charge < -0.3 is 16.0 Å². The number of hydrogen-bond donors (Lipinski definition) is 3. The van der Waals surface area contributed by atoms with Gasteiger partial charge in [-0.2, -0.15) is 0 Å². The lowest BCUT2D eigenvalue weighted by Gasteiger charge is -2.14. The van der Waals surface area contributed by atoms with E-state index in [0.717, 1.165) is 15.6 Å². The van der Waals surface area contributed by atoms with Crippen molar-refractivity contribution in [3.8, 4) is 0 Å². The molecule has 0 aliphatic rings. The molecule has 3 N–H and O–H groups in total. The maximum Gasteiger partial charge on any atom is 0.319 e. The molecule has 3 aromatic rings. The van der Waals surface area contributed by atoms with Gasteiger partial charge in [-0.25, -0.2) is 4.79 Å². The maximum absolute atomic E-state index is 12.8. The lowest BCUT2D eigenvalue weighted by molar-refractivity contribution is 0.103. The summed E-state index contributed by atoms with van der Waals surface area (Å²) < 4.78 is 1.08. The molecule has 2 aromatic carbocycles. The van der Waals surface area contributed by atoms with Gasteiger partial charge >= 0.3 is 6.03 Å². The fourth-order valence-corrected chi connectivity index (χ4v) is 3.80. The number of nitrogens with one attached hydrogen (secondary N) is 3. The van der Waals surface area contributed by atoms with Gasteiger partial charge in [-0.3, -0.25) is 4.79 Å². The number of benzene rings is 2. The molecule has 0 aliphatic carbocycles. The lowest BCUT2D eigenvalue weighted by Crippen LogP contribution is -2.34. The van der Waals surface area contributed by atoms with Crippen LogP contribution < -0.4 is 16.0 Å². The highest BCUT2D eigenvalue weighted by Gasteiger charge is 2.17. The van der Waals surface area contributed by atoms with E-state index in [9.17, 15) is 9.59 Å². The molecule has 0 radical (unpaired) electrons. The molecule has 0 saturated carbocycles. The first-order valence-corrected chi connectivity index (χ1v) is 9.23. The Bertz CT molecular complexity index is 963. The number of carbonyl (C=O) groups is 2. The van der Waals surface area contributed by atoms with E-state index in [-0.39, 0.29) is 18.0 Å². The topological polar surface area (TPSA) is 70.2 Å². The molecule has 0 atom stereocenters. The van der Waals surface area contributed by atoms with Crippen LogP contribution in [0.2, 0.25) is 0 Å². The molecule has 0 bridgehead atoms. The van der Waals surface area contributed by atoms with Gasteiger partial charge in [-0.15, -0.1) is 11.3 Å². The van der Waals surface area contributed by atoms with Crippen LogP contribution in [0.15, 0.2) is 48.5 Å². The molecule has 5 nitrogen and oxygen atoms in total. The largest absolute Gasteiger partial charge is 0.336 e. The van der Waals surface area contributed by atoms with Crippen molar-refractivity contribution in [1.82, 2.24) is 5.32 Å². The Morgan fingerprint density at radius 1 is 0.923 bits per heavy atom. The summed E-state index contributed by atoms with van der Waals surface area (Å²) in [6, 6.07) is 14.8. The number of fused-ring (bicyclic) bond motifs is 1. The summed E-state index contributed by atoms with van der Waals surface area (Å²) in [7, 11) is 0. The minimum atomic E-state index is -0.306. The number of amides is 3. The molecule has 3 rings (SSSR count). The van der Waals surface area contributed by atoms with Crippen molar-refractivity contribution in [2.24, 2.45) is 0 Å². The Morgan fingerprint density at radius 2 is 1.54 bits per heavy atom. The highest BCUT2D eigenvalue weighted by Crippen LogP contribution is 2.31. The quantitative estimate of drug-likeness (QED) is 0.608. The monoisotopic (exact) mass is 367 g/mol. The number of hydrogen-bond acceptors (Lipinski definition) is 3. The van der Waals surface area contributed by atoms with Crippen molar-refractivity contribution in [2.45, 2.75) is 26.8 Å². The molecular formula is C20H21N3O2S. The number of aryl methyl sites for hydroxylation is 1. The third-order valence-electron chi connectivity index (χ3n) is 3.89. The van der Waals surface area contributed by atoms with Gasteiger partial charge in [0, 0.05) is 10.7 Å². The molecule has 0 fully saturated rings. The number of anilines is 2. The zero-order valence-electron chi connectivity index (χ0n) is 14.9. The standard InChI is InChI=1S/C20H21N3O2S/c1-12(2)21-20(25)23-16-10-6-5-9-15(16)22-19(24)18-13(3)14-8-4-7-11-17(14)26-18/h4-12H,1-3H3,(H,22,24)(H2,21,23,25). The van der Waals surface area contributed by atoms with Gasteiger partial charge in [0.1, 0.15) is 0 Å². The van der Waals surface area contributed by atoms with Crippen molar-refractivity contribution in [1.29, 1.82) is 0 Å². The Morgan fingerprint density at radius 3 is 2.19 bits per heavy atom. The number of thiophene rings is 1. The fourth-order valence-electron chi connectivity index (χ4n) is 2.69. The molecule has 6 heteroatoms. The van der Waals surface area contributed by atoms with Crippen molar-refractivity contribution in [3.63, 3.8) is 0 Å². The Labute approximate surface area is 156 Å². The van der Waals surface area contributed by atoms with Crippen molar-refractivity contribution in [3.05, 3.63) is 59.0 Å². The number of urea groups is 1. The van der Waals surface area contributed by atoms with Gasteiger partial charge in [-0.05, 0) is 49.9 Å². The second-order valence-corrected chi connectivity index (χ2v) is 7.36. The first kappa shape index (κ1) is 17.9. The molecule has 1 aromatic heterocycles. The summed E-state index contributed by atoms with van der Waals surface area (Å²) in [5.74, 6) is -0.179. The predicted molar refractivity (Wildman–Crippen MR) is 108 cm³/mol. The van der Waals surface area contributed by atoms with E-state index in [2.05, 4.69) is 16.0 Å². The van der Waals surface area contributed by atoms with E-state index in [0.29, 0.717) is 16.3 Å². The molecule has 134 valence electrons. The zero-order valence-corrected chi connectivity index (χ0v) is 15.7. The summed E-state index contributed by atoms with van der Waals surface area (Å²) >= 11 is 1.47. The van der Waals surface area contributed by atoms with Crippen LogP contribution in [0.25, 0.3) is 10.1 Å². The van der Waals surface area contributed by atoms with Gasteiger partial charge in [0.25, 0.3) is 5.91 Å². The van der Waals surface area contributed by atoms with Crippen LogP contribution in [0, 0.1) is 6.92 Å². The highest BCUT2D eigenvalue weighted by atomic mass is 32.1. The number of carbonyl (C=O) groups excluding carboxylic acids is 2. The fraction of sp³-hybridized carbons (Fsp3) is 0.200. The first-order valence-electron chi connectivity index (χ1n) is 8.41. The Kier molecular flexibility index (Phi) is 5.23. The first-order chi connectivity index (χ1) is 12.5. The van der Waals surface area contributed by atoms with Crippen LogP contribution in [0.1, 0.15) is 29.1 Å². The summed E-state index contributed by atoms with van der Waals surface area (Å²) in [4.78, 5) is 25.4. The second kappa shape index (κ2) is 7.58. The van der Waals surface area contributed by atoms with Crippen LogP contribution in [-0.4, -0.2) is 18.0 Å². The number of rotatable bonds is 4. The number of para-hydroxylation sites is 2. The van der Waals surface area contributed by atoms with Crippen molar-refractivity contribution >= 4 is 44.7 Å². The average molecular weight is 367 g/mol. The van der Waals surface area contributed by atoms with Crippen LogP contribution >= 0.6 is 11.3 Å². The minimum absolute atomic E-state index is 0.0259. The zero-order chi connectivity index (χ0) is 18.7. The molecule has 3 amide bonds. The van der Waals surface area contributed by atoms with Crippen LogP contribution in [-0.2, 0) is 0 Å². The van der Waals surface area contributed by atoms with E-state index in [1.807, 2.05) is 57.2 Å². The van der Waals surface area contributed by atoms with Crippen molar-refractivity contribution < 1.29 is 9.59 Å². The Balaban J connectivity index is 1.83. The minimum Gasteiger partial charge on any atom is -0.336 e. The molecule has 0 saturated heterocycles. The second-order valence-electron chi connectivity index (χ2n) is 6.31. The van der Waals surface area contributed by atoms with Gasteiger partial charge in [0.2, 0.25) is 0 Å². The van der Waals surface area contributed by atoms with E-state index in [1.165, 1.54) is 11.3 Å². The molecule has 0 spiro atoms. The van der Waals surface area contributed by atoms with Crippen LogP contribution in [0.3, 0.4) is 0 Å². The molecule has 0 aliphatic heterocycles. The summed E-state index contributed by atoms with van der Waals surface area (Å²) in [6.45, 7) is 5.73. The smallest absolute Gasteiger partial charge is 0.319 e. The van der Waals surface area contributed by atoms with E-state index < -0.39 is 0 Å². The summed E-state index contributed by atoms with van der Waals surface area (Å²) in [5, 5.41) is 9.55. The lowest BCUT2D eigenvalue weighted by atomic mass is 10.1.